The van der Waals surface area contributed by atoms with E-state index >= 15 is 4.39 Å². The highest BCUT2D eigenvalue weighted by atomic mass is 32.2. The summed E-state index contributed by atoms with van der Waals surface area (Å²) in [4.78, 5) is 29.0. The molecule has 13 heteroatoms. The van der Waals surface area contributed by atoms with Crippen LogP contribution < -0.4 is 15.6 Å². The Morgan fingerprint density at radius 1 is 1.09 bits per heavy atom. The van der Waals surface area contributed by atoms with Crippen LogP contribution in [0.25, 0.3) is 22.4 Å². The summed E-state index contributed by atoms with van der Waals surface area (Å²) in [6.07, 6.45) is 2.31. The number of hydrogen-bond donors (Lipinski definition) is 2. The molecule has 0 bridgehead atoms. The average molecular weight is 614 g/mol. The molecule has 2 N–H and O–H groups in total. The molecule has 0 radical (unpaired) electrons. The molecule has 1 aliphatic rings. The van der Waals surface area contributed by atoms with E-state index in [1.165, 1.54) is 47.2 Å². The van der Waals surface area contributed by atoms with Crippen LogP contribution >= 0.6 is 0 Å². The first-order chi connectivity index (χ1) is 20.5. The SMILES string of the molecule is CC(C)n1c(=O)c(-c2ccc(NS(=O)Cc3ccc(F)cc3)c(F)c2)nc2cnc(NC3CCC(N(C)C)C(F)C3)nc21. The second kappa shape index (κ2) is 12.8. The molecule has 0 saturated heterocycles. The highest BCUT2D eigenvalue weighted by Crippen LogP contribution is 2.28. The van der Waals surface area contributed by atoms with Crippen LogP contribution in [0.15, 0.2) is 53.5 Å². The van der Waals surface area contributed by atoms with Gasteiger partial charge in [-0.2, -0.15) is 4.98 Å². The van der Waals surface area contributed by atoms with Crippen LogP contribution in [0.3, 0.4) is 0 Å². The molecule has 1 fully saturated rings. The largest absolute Gasteiger partial charge is 0.351 e. The van der Waals surface area contributed by atoms with Crippen molar-refractivity contribution >= 4 is 33.8 Å². The van der Waals surface area contributed by atoms with Gasteiger partial charge in [0.15, 0.2) is 5.65 Å². The molecule has 9 nitrogen and oxygen atoms in total. The number of nitrogens with zero attached hydrogens (tertiary/aromatic N) is 5. The van der Waals surface area contributed by atoms with E-state index in [4.69, 9.17) is 0 Å². The molecule has 43 heavy (non-hydrogen) atoms. The molecular weight excluding hydrogens is 579 g/mol. The monoisotopic (exact) mass is 613 g/mol. The maximum Gasteiger partial charge on any atom is 0.278 e. The Bertz CT molecular complexity index is 1700. The zero-order valence-electron chi connectivity index (χ0n) is 24.4. The third-order valence-electron chi connectivity index (χ3n) is 7.56. The van der Waals surface area contributed by atoms with Crippen molar-refractivity contribution in [3.8, 4) is 11.3 Å². The van der Waals surface area contributed by atoms with E-state index in [-0.39, 0.29) is 46.8 Å². The molecule has 0 aliphatic heterocycles. The summed E-state index contributed by atoms with van der Waals surface area (Å²) in [5.41, 5.74) is 1.08. The lowest BCUT2D eigenvalue weighted by Gasteiger charge is -2.35. The van der Waals surface area contributed by atoms with E-state index in [1.807, 2.05) is 32.8 Å². The van der Waals surface area contributed by atoms with E-state index in [0.29, 0.717) is 29.6 Å². The van der Waals surface area contributed by atoms with E-state index in [0.717, 1.165) is 12.5 Å². The van der Waals surface area contributed by atoms with Crippen LogP contribution in [0.1, 0.15) is 44.7 Å². The number of aromatic nitrogens is 4. The first-order valence-electron chi connectivity index (χ1n) is 14.1. The zero-order chi connectivity index (χ0) is 30.8. The number of benzene rings is 2. The minimum atomic E-state index is -1.67. The van der Waals surface area contributed by atoms with Crippen molar-refractivity contribution in [2.45, 2.75) is 63.2 Å². The van der Waals surface area contributed by atoms with Gasteiger partial charge >= 0.3 is 0 Å². The predicted octanol–water partition coefficient (Wildman–Crippen LogP) is 5.22. The number of fused-ring (bicyclic) bond motifs is 1. The summed E-state index contributed by atoms with van der Waals surface area (Å²) in [5.74, 6) is -0.782. The van der Waals surface area contributed by atoms with Crippen molar-refractivity contribution < 1.29 is 17.4 Å². The second-order valence-electron chi connectivity index (χ2n) is 11.2. The molecule has 1 aliphatic carbocycles. The van der Waals surface area contributed by atoms with Crippen molar-refractivity contribution in [3.63, 3.8) is 0 Å². The Kier molecular flexibility index (Phi) is 9.11. The molecule has 2 aromatic heterocycles. The van der Waals surface area contributed by atoms with Gasteiger partial charge in [0.1, 0.15) is 40.0 Å². The van der Waals surface area contributed by atoms with Crippen molar-refractivity contribution in [2.24, 2.45) is 0 Å². The first-order valence-corrected chi connectivity index (χ1v) is 15.4. The quantitative estimate of drug-likeness (QED) is 0.267. The molecule has 2 aromatic carbocycles. The van der Waals surface area contributed by atoms with Gasteiger partial charge in [-0.3, -0.25) is 9.36 Å². The lowest BCUT2D eigenvalue weighted by atomic mass is 9.89. The van der Waals surface area contributed by atoms with Crippen LogP contribution in [-0.4, -0.2) is 61.0 Å². The van der Waals surface area contributed by atoms with Gasteiger partial charge in [-0.15, -0.1) is 0 Å². The number of hydrogen-bond acceptors (Lipinski definition) is 7. The van der Waals surface area contributed by atoms with Gasteiger partial charge in [-0.25, -0.2) is 27.3 Å². The highest BCUT2D eigenvalue weighted by molar-refractivity contribution is 7.85. The molecule has 0 amide bonds. The van der Waals surface area contributed by atoms with E-state index in [9.17, 15) is 17.8 Å². The van der Waals surface area contributed by atoms with Crippen molar-refractivity contribution in [1.29, 1.82) is 0 Å². The van der Waals surface area contributed by atoms with E-state index < -0.39 is 34.4 Å². The summed E-state index contributed by atoms with van der Waals surface area (Å²) in [6.45, 7) is 3.67. The van der Waals surface area contributed by atoms with Gasteiger partial charge in [0.05, 0.1) is 17.6 Å². The van der Waals surface area contributed by atoms with E-state index in [2.05, 4.69) is 25.0 Å². The van der Waals surface area contributed by atoms with Crippen LogP contribution in [0.5, 0.6) is 0 Å². The number of nitrogens with one attached hydrogen (secondary N) is 2. The van der Waals surface area contributed by atoms with Crippen LogP contribution in [0.4, 0.5) is 24.8 Å². The minimum Gasteiger partial charge on any atom is -0.351 e. The van der Waals surface area contributed by atoms with Crippen molar-refractivity contribution in [2.75, 3.05) is 24.1 Å². The third kappa shape index (κ3) is 6.88. The molecule has 4 atom stereocenters. The van der Waals surface area contributed by atoms with Gasteiger partial charge in [0.2, 0.25) is 5.95 Å². The minimum absolute atomic E-state index is 0.0108. The van der Waals surface area contributed by atoms with Crippen molar-refractivity contribution in [1.82, 2.24) is 24.4 Å². The van der Waals surface area contributed by atoms with Gasteiger partial charge in [0, 0.05) is 30.1 Å². The first kappa shape index (κ1) is 30.6. The predicted molar refractivity (Wildman–Crippen MR) is 163 cm³/mol. The summed E-state index contributed by atoms with van der Waals surface area (Å²) >= 11 is 0. The number of halogens is 3. The normalized spacial score (nSPS) is 19.6. The Hall–Kier alpha value is -3.84. The number of anilines is 2. The van der Waals surface area contributed by atoms with Gasteiger partial charge in [0.25, 0.3) is 5.56 Å². The van der Waals surface area contributed by atoms with Crippen LogP contribution in [0.2, 0.25) is 0 Å². The Morgan fingerprint density at radius 2 is 1.84 bits per heavy atom. The average Bonchev–Trinajstić information content (AvgIpc) is 2.94. The molecule has 4 unspecified atom stereocenters. The molecule has 4 aromatic rings. The molecular formula is C30H34F3N7O2S. The van der Waals surface area contributed by atoms with Gasteiger partial charge in [-0.05, 0) is 70.6 Å². The van der Waals surface area contributed by atoms with E-state index in [1.54, 1.807) is 0 Å². The molecule has 5 rings (SSSR count). The Morgan fingerprint density at radius 3 is 2.49 bits per heavy atom. The highest BCUT2D eigenvalue weighted by Gasteiger charge is 2.32. The number of alkyl halides is 1. The lowest BCUT2D eigenvalue weighted by molar-refractivity contribution is 0.109. The fourth-order valence-electron chi connectivity index (χ4n) is 5.37. The van der Waals surface area contributed by atoms with Crippen LogP contribution in [0, 0.1) is 11.6 Å². The van der Waals surface area contributed by atoms with Crippen LogP contribution in [-0.2, 0) is 16.7 Å². The fraction of sp³-hybridized carbons (Fsp3) is 0.400. The fourth-order valence-corrected chi connectivity index (χ4v) is 6.35. The molecule has 2 heterocycles. The van der Waals surface area contributed by atoms with Gasteiger partial charge in [-0.1, -0.05) is 18.2 Å². The second-order valence-corrected chi connectivity index (χ2v) is 12.4. The third-order valence-corrected chi connectivity index (χ3v) is 8.60. The maximum atomic E-state index is 15.1. The molecule has 228 valence electrons. The smallest absolute Gasteiger partial charge is 0.278 e. The molecule has 0 spiro atoms. The van der Waals surface area contributed by atoms with Gasteiger partial charge < -0.3 is 14.9 Å². The Balaban J connectivity index is 1.38. The Labute approximate surface area is 250 Å². The topological polar surface area (TPSA) is 105 Å². The van der Waals surface area contributed by atoms with Crippen molar-refractivity contribution in [3.05, 3.63) is 76.2 Å². The summed E-state index contributed by atoms with van der Waals surface area (Å²) in [6, 6.07) is 9.07. The zero-order valence-corrected chi connectivity index (χ0v) is 25.2. The summed E-state index contributed by atoms with van der Waals surface area (Å²) in [5, 5.41) is 3.22. The standard InChI is InChI=1S/C30H34F3N7O2S/c1-17(2)40-28-25(15-34-30(37-28)35-21-10-12-26(39(3)4)23(33)14-21)36-27(29(40)41)19-7-11-24(22(32)13-19)38-43(42)16-18-5-8-20(31)9-6-18/h5-9,11,13,15,17,21,23,26,38H,10,12,14,16H2,1-4H3,(H,34,35,37). The molecule has 1 saturated carbocycles. The summed E-state index contributed by atoms with van der Waals surface area (Å²) in [7, 11) is 2.08. The summed E-state index contributed by atoms with van der Waals surface area (Å²) < 4.78 is 59.6. The lowest BCUT2D eigenvalue weighted by Crippen LogP contribution is -2.44. The number of rotatable bonds is 9. The maximum absolute atomic E-state index is 15.1.